The molecule has 2 N–H and O–H groups in total. The molecule has 0 saturated heterocycles. The van der Waals surface area contributed by atoms with Crippen molar-refractivity contribution in [3.63, 3.8) is 0 Å². The maximum Gasteiger partial charge on any atom is 0.326 e. The monoisotopic (exact) mass is 375 g/mol. The number of carboxylic acid groups (broad SMARTS) is 1. The topological polar surface area (TPSA) is 116 Å². The van der Waals surface area contributed by atoms with Crippen molar-refractivity contribution < 1.29 is 23.1 Å². The third kappa shape index (κ3) is 4.17. The molecule has 1 amide bonds. The number of hydrogen-bond donors (Lipinski definition) is 2. The van der Waals surface area contributed by atoms with Crippen LogP contribution in [0, 0.1) is 0 Å². The zero-order chi connectivity index (χ0) is 18.7. The molecule has 0 fully saturated rings. The first-order chi connectivity index (χ1) is 12.3. The Labute approximate surface area is 150 Å². The molecule has 2 heterocycles. The number of carbonyl (C=O) groups excluding carboxylic acids is 1. The van der Waals surface area contributed by atoms with E-state index in [1.165, 1.54) is 18.4 Å². The van der Waals surface area contributed by atoms with E-state index in [0.29, 0.717) is 0 Å². The number of amidine groups is 1. The molecule has 0 aliphatic carbocycles. The summed E-state index contributed by atoms with van der Waals surface area (Å²) >= 11 is 0. The van der Waals surface area contributed by atoms with Crippen molar-refractivity contribution in [1.29, 1.82) is 0 Å². The molecule has 9 heteroatoms. The van der Waals surface area contributed by atoms with E-state index in [-0.39, 0.29) is 30.1 Å². The van der Waals surface area contributed by atoms with Crippen LogP contribution >= 0.6 is 0 Å². The molecule has 1 aromatic carbocycles. The zero-order valence-electron chi connectivity index (χ0n) is 13.7. The molecule has 1 aromatic rings. The highest BCUT2D eigenvalue weighted by atomic mass is 32.2. The van der Waals surface area contributed by atoms with Crippen LogP contribution in [0.25, 0.3) is 0 Å². The standard InChI is InChI=1S/C17H17N3O5S/c21-16(18-14(17(22)23)10-12-4-2-1-3-5-12)13-6-7-15-19-26(24,25)9-8-20(15)11-13/h1-7,11,14H,8-10H2,(H,18,21)(H,22,23). The molecule has 2 aliphatic rings. The summed E-state index contributed by atoms with van der Waals surface area (Å²) in [5.74, 6) is -1.57. The fourth-order valence-corrected chi connectivity index (χ4v) is 3.60. The molecule has 1 atom stereocenters. The van der Waals surface area contributed by atoms with Crippen LogP contribution in [0.2, 0.25) is 0 Å². The van der Waals surface area contributed by atoms with Crippen LogP contribution in [0.3, 0.4) is 0 Å². The lowest BCUT2D eigenvalue weighted by Crippen LogP contribution is -2.44. The van der Waals surface area contributed by atoms with Gasteiger partial charge in [-0.2, -0.15) is 0 Å². The van der Waals surface area contributed by atoms with Crippen molar-refractivity contribution in [2.45, 2.75) is 12.5 Å². The summed E-state index contributed by atoms with van der Waals surface area (Å²) in [6.07, 6.45) is 4.49. The fourth-order valence-electron chi connectivity index (χ4n) is 2.63. The highest BCUT2D eigenvalue weighted by molar-refractivity contribution is 7.90. The Morgan fingerprint density at radius 1 is 1.23 bits per heavy atom. The Bertz CT molecular complexity index is 919. The molecule has 1 unspecified atom stereocenters. The third-order valence-electron chi connectivity index (χ3n) is 3.97. The van der Waals surface area contributed by atoms with E-state index < -0.39 is 27.9 Å². The molecule has 0 bridgehead atoms. The van der Waals surface area contributed by atoms with Gasteiger partial charge in [-0.05, 0) is 17.7 Å². The SMILES string of the molecule is O=C(NC(Cc1ccccc1)C(=O)O)C1=CN2CCS(=O)(=O)N=C2C=C1. The van der Waals surface area contributed by atoms with Gasteiger partial charge < -0.3 is 15.3 Å². The number of hydrogen-bond acceptors (Lipinski definition) is 5. The first-order valence-corrected chi connectivity index (χ1v) is 9.52. The molecule has 26 heavy (non-hydrogen) atoms. The number of aliphatic carboxylic acids is 1. The van der Waals surface area contributed by atoms with E-state index in [1.54, 1.807) is 29.2 Å². The Balaban J connectivity index is 1.72. The first kappa shape index (κ1) is 17.9. The van der Waals surface area contributed by atoms with Crippen LogP contribution < -0.4 is 5.32 Å². The van der Waals surface area contributed by atoms with Gasteiger partial charge in [-0.15, -0.1) is 4.40 Å². The maximum atomic E-state index is 12.4. The largest absolute Gasteiger partial charge is 0.480 e. The molecule has 0 spiro atoms. The highest BCUT2D eigenvalue weighted by Crippen LogP contribution is 2.16. The number of amides is 1. The van der Waals surface area contributed by atoms with Gasteiger partial charge in [0.1, 0.15) is 11.9 Å². The molecule has 2 aliphatic heterocycles. The Morgan fingerprint density at radius 2 is 1.96 bits per heavy atom. The fraction of sp³-hybridized carbons (Fsp3) is 0.235. The lowest BCUT2D eigenvalue weighted by atomic mass is 10.1. The van der Waals surface area contributed by atoms with Crippen LogP contribution in [0.15, 0.2) is 58.7 Å². The van der Waals surface area contributed by atoms with Gasteiger partial charge in [0.05, 0.1) is 11.3 Å². The second-order valence-corrected chi connectivity index (χ2v) is 7.66. The summed E-state index contributed by atoms with van der Waals surface area (Å²) in [5.41, 5.74) is 1.03. The van der Waals surface area contributed by atoms with Gasteiger partial charge in [0.2, 0.25) is 0 Å². The van der Waals surface area contributed by atoms with Crippen LogP contribution in [-0.4, -0.2) is 54.5 Å². The number of nitrogens with one attached hydrogen (secondary N) is 1. The Kier molecular flexibility index (Phi) is 4.90. The second kappa shape index (κ2) is 7.12. The minimum atomic E-state index is -3.47. The highest BCUT2D eigenvalue weighted by Gasteiger charge is 2.27. The van der Waals surface area contributed by atoms with E-state index in [9.17, 15) is 23.1 Å². The Hall–Kier alpha value is -2.94. The molecule has 8 nitrogen and oxygen atoms in total. The summed E-state index contributed by atoms with van der Waals surface area (Å²) in [6.45, 7) is 0.189. The van der Waals surface area contributed by atoms with Crippen LogP contribution in [0.1, 0.15) is 5.56 Å². The van der Waals surface area contributed by atoms with E-state index in [2.05, 4.69) is 9.71 Å². The number of sulfonamides is 1. The minimum Gasteiger partial charge on any atom is -0.480 e. The average molecular weight is 375 g/mol. The predicted octanol–water partition coefficient (Wildman–Crippen LogP) is 0.296. The van der Waals surface area contributed by atoms with Crippen LogP contribution in [-0.2, 0) is 26.0 Å². The van der Waals surface area contributed by atoms with Gasteiger partial charge in [-0.25, -0.2) is 13.2 Å². The molecule has 0 radical (unpaired) electrons. The van der Waals surface area contributed by atoms with Gasteiger partial charge in [0.25, 0.3) is 15.9 Å². The van der Waals surface area contributed by atoms with Gasteiger partial charge in [-0.1, -0.05) is 30.3 Å². The van der Waals surface area contributed by atoms with Crippen molar-refractivity contribution in [1.82, 2.24) is 10.2 Å². The third-order valence-corrected chi connectivity index (χ3v) is 5.14. The summed E-state index contributed by atoms with van der Waals surface area (Å²) in [5, 5.41) is 11.9. The van der Waals surface area contributed by atoms with Crippen molar-refractivity contribution in [3.8, 4) is 0 Å². The van der Waals surface area contributed by atoms with Crippen molar-refractivity contribution >= 4 is 27.7 Å². The number of rotatable bonds is 5. The molecule has 0 aromatic heterocycles. The van der Waals surface area contributed by atoms with E-state index >= 15 is 0 Å². The summed E-state index contributed by atoms with van der Waals surface area (Å²) in [6, 6.07) is 7.93. The number of fused-ring (bicyclic) bond motifs is 1. The number of nitrogens with zero attached hydrogens (tertiary/aromatic N) is 2. The molecular weight excluding hydrogens is 358 g/mol. The van der Waals surface area contributed by atoms with E-state index in [0.717, 1.165) is 5.56 Å². The smallest absolute Gasteiger partial charge is 0.326 e. The molecule has 3 rings (SSSR count). The van der Waals surface area contributed by atoms with E-state index in [4.69, 9.17) is 0 Å². The summed E-state index contributed by atoms with van der Waals surface area (Å²) < 4.78 is 26.6. The summed E-state index contributed by atoms with van der Waals surface area (Å²) in [4.78, 5) is 25.5. The quantitative estimate of drug-likeness (QED) is 0.764. The van der Waals surface area contributed by atoms with Crippen molar-refractivity contribution in [2.24, 2.45) is 4.40 Å². The average Bonchev–Trinajstić information content (AvgIpc) is 2.60. The van der Waals surface area contributed by atoms with Gasteiger partial charge in [0.15, 0.2) is 0 Å². The number of carboxylic acids is 1. The van der Waals surface area contributed by atoms with Gasteiger partial charge >= 0.3 is 5.97 Å². The zero-order valence-corrected chi connectivity index (χ0v) is 14.5. The molecular formula is C17H17N3O5S. The minimum absolute atomic E-state index is 0.137. The second-order valence-electron chi connectivity index (χ2n) is 5.90. The van der Waals surface area contributed by atoms with Gasteiger partial charge in [-0.3, -0.25) is 4.79 Å². The lowest BCUT2D eigenvalue weighted by molar-refractivity contribution is -0.141. The van der Waals surface area contributed by atoms with Crippen molar-refractivity contribution in [3.05, 3.63) is 59.8 Å². The Morgan fingerprint density at radius 3 is 2.65 bits per heavy atom. The summed E-state index contributed by atoms with van der Waals surface area (Å²) in [7, 11) is -3.47. The number of benzene rings is 1. The normalized spacial score (nSPS) is 19.0. The van der Waals surface area contributed by atoms with Crippen LogP contribution in [0.4, 0.5) is 0 Å². The van der Waals surface area contributed by atoms with Gasteiger partial charge in [0, 0.05) is 19.2 Å². The van der Waals surface area contributed by atoms with E-state index in [1.807, 2.05) is 6.07 Å². The molecule has 0 saturated carbocycles. The lowest BCUT2D eigenvalue weighted by Gasteiger charge is -2.27. The first-order valence-electron chi connectivity index (χ1n) is 7.91. The van der Waals surface area contributed by atoms with Crippen molar-refractivity contribution in [2.75, 3.05) is 12.3 Å². The van der Waals surface area contributed by atoms with Crippen LogP contribution in [0.5, 0.6) is 0 Å². The molecule has 136 valence electrons. The predicted molar refractivity (Wildman–Crippen MR) is 94.9 cm³/mol. The maximum absolute atomic E-state index is 12.4. The number of carbonyl (C=O) groups is 2.